The van der Waals surface area contributed by atoms with Gasteiger partial charge in [0.2, 0.25) is 0 Å². The minimum atomic E-state index is 0. The third kappa shape index (κ3) is 2.08. The molecule has 0 N–H and O–H groups in total. The Morgan fingerprint density at radius 1 is 1.50 bits per heavy atom. The first-order chi connectivity index (χ1) is 4.33. The molecule has 1 nitrogen and oxygen atoms in total. The van der Waals surface area contributed by atoms with Gasteiger partial charge in [0.25, 0.3) is 0 Å². The lowest BCUT2D eigenvalue weighted by Gasteiger charge is -1.88. The number of terminal acetylenes is 1. The molecule has 0 spiro atoms. The van der Waals surface area contributed by atoms with Gasteiger partial charge in [0.05, 0.1) is 0 Å². The number of pyridine rings is 1. The fraction of sp³-hybridized carbons (Fsp3) is 0.125. The zero-order valence-corrected chi connectivity index (χ0v) is 6.48. The highest BCUT2D eigenvalue weighted by Gasteiger charge is 1.84. The van der Waals surface area contributed by atoms with Crippen LogP contribution in [0.5, 0.6) is 0 Å². The van der Waals surface area contributed by atoms with Gasteiger partial charge in [-0.3, -0.25) is 4.98 Å². The summed E-state index contributed by atoms with van der Waals surface area (Å²) >= 11 is 0. The van der Waals surface area contributed by atoms with Crippen LogP contribution in [0.3, 0.4) is 0 Å². The lowest BCUT2D eigenvalue weighted by molar-refractivity contribution is 1.19. The van der Waals surface area contributed by atoms with Crippen LogP contribution in [0.25, 0.3) is 0 Å². The fourth-order valence-corrected chi connectivity index (χ4v) is 0.553. The third-order valence-electron chi connectivity index (χ3n) is 1.08. The summed E-state index contributed by atoms with van der Waals surface area (Å²) in [4.78, 5) is 4.01. The van der Waals surface area contributed by atoms with Crippen LogP contribution in [0, 0.1) is 19.3 Å². The van der Waals surface area contributed by atoms with E-state index >= 15 is 0 Å². The van der Waals surface area contributed by atoms with Gasteiger partial charge in [-0.05, 0) is 19.1 Å². The Balaban J connectivity index is 0.000000810. The number of hydrogen-bond donors (Lipinski definition) is 0. The van der Waals surface area contributed by atoms with Gasteiger partial charge in [0, 0.05) is 17.5 Å². The van der Waals surface area contributed by atoms with E-state index in [2.05, 4.69) is 10.9 Å². The topological polar surface area (TPSA) is 12.9 Å². The standard InChI is InChI=1S/C8H7N.ClH/c1-3-8-5-4-7(2)9-6-8;/h1,4-6H,2H3;1H. The van der Waals surface area contributed by atoms with Gasteiger partial charge in [-0.2, -0.15) is 0 Å². The van der Waals surface area contributed by atoms with E-state index in [9.17, 15) is 0 Å². The van der Waals surface area contributed by atoms with Crippen molar-refractivity contribution in [1.29, 1.82) is 0 Å². The number of aryl methyl sites for hydroxylation is 1. The van der Waals surface area contributed by atoms with E-state index in [1.165, 1.54) is 0 Å². The molecule has 1 aromatic rings. The van der Waals surface area contributed by atoms with E-state index in [0.717, 1.165) is 11.3 Å². The molecule has 0 aliphatic carbocycles. The van der Waals surface area contributed by atoms with Crippen molar-refractivity contribution in [3.05, 3.63) is 29.6 Å². The van der Waals surface area contributed by atoms with Gasteiger partial charge in [0.15, 0.2) is 0 Å². The number of aromatic nitrogens is 1. The molecule has 0 aliphatic rings. The Morgan fingerprint density at radius 2 is 2.20 bits per heavy atom. The van der Waals surface area contributed by atoms with E-state index in [-0.39, 0.29) is 12.4 Å². The quantitative estimate of drug-likeness (QED) is 0.518. The van der Waals surface area contributed by atoms with Crippen LogP contribution >= 0.6 is 12.4 Å². The van der Waals surface area contributed by atoms with Crippen molar-refractivity contribution >= 4 is 12.4 Å². The normalized spacial score (nSPS) is 7.60. The van der Waals surface area contributed by atoms with Crippen LogP contribution in [-0.2, 0) is 0 Å². The number of halogens is 1. The molecule has 0 saturated heterocycles. The molecule has 0 aromatic carbocycles. The molecule has 0 fully saturated rings. The molecular formula is C8H8ClN. The average molecular weight is 154 g/mol. The van der Waals surface area contributed by atoms with Crippen LogP contribution in [0.15, 0.2) is 18.3 Å². The summed E-state index contributed by atoms with van der Waals surface area (Å²) < 4.78 is 0. The molecule has 0 radical (unpaired) electrons. The van der Waals surface area contributed by atoms with Gasteiger partial charge in [-0.15, -0.1) is 18.8 Å². The van der Waals surface area contributed by atoms with E-state index in [1.807, 2.05) is 19.1 Å². The van der Waals surface area contributed by atoms with E-state index < -0.39 is 0 Å². The average Bonchev–Trinajstić information content (AvgIpc) is 1.90. The maximum absolute atomic E-state index is 5.11. The summed E-state index contributed by atoms with van der Waals surface area (Å²) in [5.41, 5.74) is 1.83. The zero-order valence-electron chi connectivity index (χ0n) is 5.66. The monoisotopic (exact) mass is 153 g/mol. The minimum absolute atomic E-state index is 0. The number of nitrogens with zero attached hydrogens (tertiary/aromatic N) is 1. The first kappa shape index (κ1) is 9.00. The highest BCUT2D eigenvalue weighted by atomic mass is 35.5. The predicted octanol–water partition coefficient (Wildman–Crippen LogP) is 1.79. The molecule has 1 aromatic heterocycles. The second-order valence-electron chi connectivity index (χ2n) is 1.83. The maximum Gasteiger partial charge on any atom is 0.0427 e. The fourth-order valence-electron chi connectivity index (χ4n) is 0.553. The molecule has 52 valence electrons. The molecule has 0 atom stereocenters. The Kier molecular flexibility index (Phi) is 3.53. The highest BCUT2D eigenvalue weighted by Crippen LogP contribution is 1.95. The summed E-state index contributed by atoms with van der Waals surface area (Å²) in [5, 5.41) is 0. The lowest BCUT2D eigenvalue weighted by atomic mass is 10.3. The molecule has 1 rings (SSSR count). The molecule has 0 saturated carbocycles. The van der Waals surface area contributed by atoms with Crippen molar-refractivity contribution in [3.63, 3.8) is 0 Å². The van der Waals surface area contributed by atoms with Crippen molar-refractivity contribution < 1.29 is 0 Å². The molecule has 0 bridgehead atoms. The van der Waals surface area contributed by atoms with E-state index in [4.69, 9.17) is 6.42 Å². The van der Waals surface area contributed by atoms with Gasteiger partial charge in [0.1, 0.15) is 0 Å². The Bertz CT molecular complexity index is 232. The number of rotatable bonds is 0. The van der Waals surface area contributed by atoms with Crippen molar-refractivity contribution in [2.24, 2.45) is 0 Å². The van der Waals surface area contributed by atoms with Crippen molar-refractivity contribution in [2.75, 3.05) is 0 Å². The minimum Gasteiger partial charge on any atom is -0.260 e. The molecule has 2 heteroatoms. The summed E-state index contributed by atoms with van der Waals surface area (Å²) in [7, 11) is 0. The first-order valence-electron chi connectivity index (χ1n) is 2.72. The summed E-state index contributed by atoms with van der Waals surface area (Å²) in [5.74, 6) is 2.49. The Morgan fingerprint density at radius 3 is 2.60 bits per heavy atom. The summed E-state index contributed by atoms with van der Waals surface area (Å²) in [6.45, 7) is 1.93. The van der Waals surface area contributed by atoms with Crippen LogP contribution in [-0.4, -0.2) is 4.98 Å². The first-order valence-corrected chi connectivity index (χ1v) is 2.72. The summed E-state index contributed by atoms with van der Waals surface area (Å²) in [6.07, 6.45) is 6.80. The third-order valence-corrected chi connectivity index (χ3v) is 1.08. The molecule has 1 heterocycles. The van der Waals surface area contributed by atoms with Crippen molar-refractivity contribution in [3.8, 4) is 12.3 Å². The lowest BCUT2D eigenvalue weighted by Crippen LogP contribution is -1.79. The number of hydrogen-bond acceptors (Lipinski definition) is 1. The van der Waals surface area contributed by atoms with Gasteiger partial charge in [-0.1, -0.05) is 5.92 Å². The Hall–Kier alpha value is -1.00. The van der Waals surface area contributed by atoms with E-state index in [1.54, 1.807) is 6.20 Å². The van der Waals surface area contributed by atoms with Crippen LogP contribution in [0.1, 0.15) is 11.3 Å². The van der Waals surface area contributed by atoms with Gasteiger partial charge < -0.3 is 0 Å². The predicted molar refractivity (Wildman–Crippen MR) is 44.2 cm³/mol. The van der Waals surface area contributed by atoms with Crippen molar-refractivity contribution in [2.45, 2.75) is 6.92 Å². The molecule has 10 heavy (non-hydrogen) atoms. The Labute approximate surface area is 66.9 Å². The second-order valence-corrected chi connectivity index (χ2v) is 1.83. The zero-order chi connectivity index (χ0) is 6.69. The molecule has 0 unspecified atom stereocenters. The smallest absolute Gasteiger partial charge is 0.0427 e. The van der Waals surface area contributed by atoms with Crippen LogP contribution in [0.4, 0.5) is 0 Å². The van der Waals surface area contributed by atoms with Gasteiger partial charge in [-0.25, -0.2) is 0 Å². The van der Waals surface area contributed by atoms with E-state index in [0.29, 0.717) is 0 Å². The van der Waals surface area contributed by atoms with Crippen molar-refractivity contribution in [1.82, 2.24) is 4.98 Å². The molecular weight excluding hydrogens is 146 g/mol. The summed E-state index contributed by atoms with van der Waals surface area (Å²) in [6, 6.07) is 3.78. The SMILES string of the molecule is C#Cc1ccc(C)nc1.Cl. The van der Waals surface area contributed by atoms with Gasteiger partial charge >= 0.3 is 0 Å². The van der Waals surface area contributed by atoms with Crippen LogP contribution < -0.4 is 0 Å². The van der Waals surface area contributed by atoms with Crippen LogP contribution in [0.2, 0.25) is 0 Å². The molecule has 0 aliphatic heterocycles. The largest absolute Gasteiger partial charge is 0.260 e. The molecule has 0 amide bonds. The maximum atomic E-state index is 5.11. The second kappa shape index (κ2) is 3.92. The highest BCUT2D eigenvalue weighted by molar-refractivity contribution is 5.85.